The maximum atomic E-state index is 12.0. The Balaban J connectivity index is 1.76. The monoisotopic (exact) mass is 349 g/mol. The molecule has 0 saturated heterocycles. The van der Waals surface area contributed by atoms with Crippen molar-refractivity contribution in [2.45, 2.75) is 20.1 Å². The van der Waals surface area contributed by atoms with Gasteiger partial charge in [-0.05, 0) is 38.7 Å². The first-order valence-corrected chi connectivity index (χ1v) is 8.53. The van der Waals surface area contributed by atoms with Gasteiger partial charge in [0.15, 0.2) is 0 Å². The Morgan fingerprint density at radius 1 is 1.04 bits per heavy atom. The number of aromatic amines is 1. The number of hydrogen-bond donors (Lipinski definition) is 1. The number of aromatic nitrogens is 2. The van der Waals surface area contributed by atoms with E-state index in [0.717, 1.165) is 17.9 Å². The molecule has 1 aromatic heterocycles. The van der Waals surface area contributed by atoms with Gasteiger partial charge in [-0.2, -0.15) is 0 Å². The number of hydrogen-bond acceptors (Lipinski definition) is 4. The second-order valence-corrected chi connectivity index (χ2v) is 6.62. The van der Waals surface area contributed by atoms with Gasteiger partial charge in [0.25, 0.3) is 5.56 Å². The lowest BCUT2D eigenvalue weighted by Gasteiger charge is -2.10. The molecule has 0 bridgehead atoms. The summed E-state index contributed by atoms with van der Waals surface area (Å²) >= 11 is 0. The maximum absolute atomic E-state index is 12.0. The number of benzene rings is 2. The molecule has 5 nitrogen and oxygen atoms in total. The van der Waals surface area contributed by atoms with E-state index in [4.69, 9.17) is 4.74 Å². The zero-order valence-corrected chi connectivity index (χ0v) is 15.3. The van der Waals surface area contributed by atoms with Gasteiger partial charge in [-0.1, -0.05) is 42.0 Å². The third kappa shape index (κ3) is 4.80. The second-order valence-electron chi connectivity index (χ2n) is 6.62. The normalized spacial score (nSPS) is 10.9. The Morgan fingerprint density at radius 2 is 1.73 bits per heavy atom. The Kier molecular flexibility index (Phi) is 5.49. The molecule has 0 unspecified atom stereocenters. The smallest absolute Gasteiger partial charge is 0.251 e. The lowest BCUT2D eigenvalue weighted by Crippen LogP contribution is -2.12. The molecule has 0 atom stereocenters. The predicted octanol–water partition coefficient (Wildman–Crippen LogP) is 3.39. The lowest BCUT2D eigenvalue weighted by atomic mass is 10.1. The highest BCUT2D eigenvalue weighted by molar-refractivity contribution is 5.55. The number of nitrogens with zero attached hydrogens (tertiary/aromatic N) is 2. The van der Waals surface area contributed by atoms with Gasteiger partial charge in [0.05, 0.1) is 5.69 Å². The molecular formula is C21H23N3O2. The molecule has 134 valence electrons. The molecule has 5 heteroatoms. The highest BCUT2D eigenvalue weighted by Crippen LogP contribution is 2.17. The van der Waals surface area contributed by atoms with Crippen LogP contribution in [0.5, 0.6) is 5.75 Å². The number of rotatable bonds is 6. The first-order valence-electron chi connectivity index (χ1n) is 8.53. The predicted molar refractivity (Wildman–Crippen MR) is 103 cm³/mol. The number of H-pyrrole nitrogens is 1. The minimum Gasteiger partial charge on any atom is -0.487 e. The van der Waals surface area contributed by atoms with Gasteiger partial charge in [-0.15, -0.1) is 0 Å². The summed E-state index contributed by atoms with van der Waals surface area (Å²) < 4.78 is 5.73. The third-order valence-corrected chi connectivity index (χ3v) is 3.93. The molecule has 0 aliphatic carbocycles. The second kappa shape index (κ2) is 7.97. The minimum absolute atomic E-state index is 0.185. The lowest BCUT2D eigenvalue weighted by molar-refractivity contribution is 0.301. The van der Waals surface area contributed by atoms with Crippen LogP contribution in [0.2, 0.25) is 0 Å². The molecule has 3 rings (SSSR count). The van der Waals surface area contributed by atoms with E-state index in [2.05, 4.69) is 14.9 Å². The summed E-state index contributed by atoms with van der Waals surface area (Å²) in [6, 6.07) is 17.3. The van der Waals surface area contributed by atoms with Gasteiger partial charge in [-0.25, -0.2) is 4.98 Å². The van der Waals surface area contributed by atoms with Crippen LogP contribution in [-0.4, -0.2) is 29.0 Å². The summed E-state index contributed by atoms with van der Waals surface area (Å²) in [6.07, 6.45) is 0. The highest BCUT2D eigenvalue weighted by Gasteiger charge is 2.06. The zero-order chi connectivity index (χ0) is 18.5. The molecule has 1 N–H and O–H groups in total. The summed E-state index contributed by atoms with van der Waals surface area (Å²) in [5.41, 5.74) is 3.67. The fraction of sp³-hybridized carbons (Fsp3) is 0.238. The third-order valence-electron chi connectivity index (χ3n) is 3.93. The van der Waals surface area contributed by atoms with Gasteiger partial charge < -0.3 is 14.6 Å². The van der Waals surface area contributed by atoms with Crippen LogP contribution in [0.1, 0.15) is 16.8 Å². The van der Waals surface area contributed by atoms with Gasteiger partial charge in [0, 0.05) is 18.2 Å². The van der Waals surface area contributed by atoms with Crippen molar-refractivity contribution in [1.29, 1.82) is 0 Å². The molecular weight excluding hydrogens is 326 g/mol. The Bertz CT molecular complexity index is 913. The molecule has 0 radical (unpaired) electrons. The Morgan fingerprint density at radius 3 is 2.38 bits per heavy atom. The average Bonchev–Trinajstić information content (AvgIpc) is 2.61. The van der Waals surface area contributed by atoms with E-state index in [1.165, 1.54) is 17.2 Å². The van der Waals surface area contributed by atoms with Gasteiger partial charge in [0.1, 0.15) is 18.2 Å². The summed E-state index contributed by atoms with van der Waals surface area (Å²) in [5, 5.41) is 0. The topological polar surface area (TPSA) is 58.2 Å². The van der Waals surface area contributed by atoms with Crippen molar-refractivity contribution in [3.63, 3.8) is 0 Å². The van der Waals surface area contributed by atoms with Crippen molar-refractivity contribution >= 4 is 0 Å². The summed E-state index contributed by atoms with van der Waals surface area (Å²) in [7, 11) is 4.06. The first kappa shape index (κ1) is 17.9. The van der Waals surface area contributed by atoms with Gasteiger partial charge in [-0.3, -0.25) is 4.79 Å². The maximum Gasteiger partial charge on any atom is 0.251 e. The molecule has 0 saturated carbocycles. The Hall–Kier alpha value is -2.92. The van der Waals surface area contributed by atoms with Crippen LogP contribution in [0, 0.1) is 6.92 Å². The van der Waals surface area contributed by atoms with Crippen molar-refractivity contribution in [2.24, 2.45) is 0 Å². The minimum atomic E-state index is -0.185. The molecule has 3 aromatic rings. The van der Waals surface area contributed by atoms with Gasteiger partial charge >= 0.3 is 0 Å². The van der Waals surface area contributed by atoms with E-state index in [1.807, 2.05) is 69.6 Å². The molecule has 0 amide bonds. The van der Waals surface area contributed by atoms with Gasteiger partial charge in [0.2, 0.25) is 0 Å². The number of nitrogens with one attached hydrogen (secondary N) is 1. The zero-order valence-electron chi connectivity index (χ0n) is 15.3. The summed E-state index contributed by atoms with van der Waals surface area (Å²) in [6.45, 7) is 3.14. The van der Waals surface area contributed by atoms with E-state index in [1.54, 1.807) is 0 Å². The van der Waals surface area contributed by atoms with Crippen molar-refractivity contribution < 1.29 is 4.74 Å². The van der Waals surface area contributed by atoms with Crippen molar-refractivity contribution in [3.8, 4) is 17.1 Å². The van der Waals surface area contributed by atoms with Crippen molar-refractivity contribution in [3.05, 3.63) is 81.8 Å². The fourth-order valence-electron chi connectivity index (χ4n) is 2.64. The van der Waals surface area contributed by atoms with Crippen LogP contribution in [0.25, 0.3) is 11.4 Å². The molecule has 0 fully saturated rings. The van der Waals surface area contributed by atoms with E-state index in [-0.39, 0.29) is 12.2 Å². The summed E-state index contributed by atoms with van der Waals surface area (Å²) in [4.78, 5) is 21.4. The number of ether oxygens (including phenoxy) is 1. The SMILES string of the molecule is Cc1ccc(OCc2cc(=O)[nH]c(-c3ccc(CN(C)C)cc3)n2)cc1. The molecule has 2 aromatic carbocycles. The quantitative estimate of drug-likeness (QED) is 0.741. The van der Waals surface area contributed by atoms with E-state index in [0.29, 0.717) is 11.5 Å². The van der Waals surface area contributed by atoms with E-state index in [9.17, 15) is 4.79 Å². The van der Waals surface area contributed by atoms with Crippen LogP contribution in [-0.2, 0) is 13.2 Å². The molecule has 0 aliphatic heterocycles. The fourth-order valence-corrected chi connectivity index (χ4v) is 2.64. The van der Waals surface area contributed by atoms with Crippen LogP contribution in [0.15, 0.2) is 59.4 Å². The molecule has 1 heterocycles. The standard InChI is InChI=1S/C21H23N3O2/c1-15-4-10-19(11-5-15)26-14-18-12-20(25)23-21(22-18)17-8-6-16(7-9-17)13-24(2)3/h4-12H,13-14H2,1-3H3,(H,22,23,25). The summed E-state index contributed by atoms with van der Waals surface area (Å²) in [5.74, 6) is 1.31. The van der Waals surface area contributed by atoms with Crippen molar-refractivity contribution in [1.82, 2.24) is 14.9 Å². The van der Waals surface area contributed by atoms with Crippen LogP contribution < -0.4 is 10.3 Å². The molecule has 0 spiro atoms. The van der Waals surface area contributed by atoms with E-state index < -0.39 is 0 Å². The molecule has 26 heavy (non-hydrogen) atoms. The van der Waals surface area contributed by atoms with Crippen LogP contribution in [0.3, 0.4) is 0 Å². The van der Waals surface area contributed by atoms with E-state index >= 15 is 0 Å². The average molecular weight is 349 g/mol. The van der Waals surface area contributed by atoms with Crippen LogP contribution in [0.4, 0.5) is 0 Å². The molecule has 0 aliphatic rings. The highest BCUT2D eigenvalue weighted by atomic mass is 16.5. The largest absolute Gasteiger partial charge is 0.487 e. The van der Waals surface area contributed by atoms with Crippen LogP contribution >= 0.6 is 0 Å². The number of aryl methyl sites for hydroxylation is 1. The Labute approximate surface area is 153 Å². The first-order chi connectivity index (χ1) is 12.5. The van der Waals surface area contributed by atoms with Crippen molar-refractivity contribution in [2.75, 3.05) is 14.1 Å².